The van der Waals surface area contributed by atoms with Crippen LogP contribution in [0.5, 0.6) is 0 Å². The van der Waals surface area contributed by atoms with Crippen molar-refractivity contribution >= 4 is 17.6 Å². The van der Waals surface area contributed by atoms with E-state index in [1.807, 2.05) is 31.2 Å². The molecule has 17 heavy (non-hydrogen) atoms. The van der Waals surface area contributed by atoms with E-state index in [0.717, 1.165) is 24.8 Å². The number of hydrogen-bond acceptors (Lipinski definition) is 1. The van der Waals surface area contributed by atoms with Gasteiger partial charge in [-0.25, -0.2) is 4.79 Å². The van der Waals surface area contributed by atoms with E-state index in [4.69, 9.17) is 11.6 Å². The average Bonchev–Trinajstić information content (AvgIpc) is 3.07. The molecule has 2 amide bonds. The lowest BCUT2D eigenvalue weighted by molar-refractivity contribution is 0.236. The van der Waals surface area contributed by atoms with Crippen LogP contribution in [0.4, 0.5) is 4.79 Å². The summed E-state index contributed by atoms with van der Waals surface area (Å²) in [6, 6.07) is 7.61. The van der Waals surface area contributed by atoms with E-state index >= 15 is 0 Å². The first-order chi connectivity index (χ1) is 8.16. The summed E-state index contributed by atoms with van der Waals surface area (Å²) in [7, 11) is 0. The Bertz CT molecular complexity index is 416. The van der Waals surface area contributed by atoms with Crippen molar-refractivity contribution in [2.75, 3.05) is 6.54 Å². The van der Waals surface area contributed by atoms with Crippen molar-refractivity contribution in [3.05, 3.63) is 34.9 Å². The fourth-order valence-corrected chi connectivity index (χ4v) is 2.09. The maximum atomic E-state index is 11.7. The smallest absolute Gasteiger partial charge is 0.315 e. The Morgan fingerprint density at radius 3 is 2.82 bits per heavy atom. The fraction of sp³-hybridized carbons (Fsp3) is 0.462. The minimum Gasteiger partial charge on any atom is -0.338 e. The van der Waals surface area contributed by atoms with Gasteiger partial charge in [0.2, 0.25) is 0 Å². The molecule has 92 valence electrons. The van der Waals surface area contributed by atoms with E-state index in [-0.39, 0.29) is 11.6 Å². The molecule has 1 fully saturated rings. The van der Waals surface area contributed by atoms with Gasteiger partial charge in [0, 0.05) is 11.6 Å². The number of nitrogens with one attached hydrogen (secondary N) is 2. The van der Waals surface area contributed by atoms with Gasteiger partial charge in [0.1, 0.15) is 0 Å². The van der Waals surface area contributed by atoms with E-state index in [9.17, 15) is 4.79 Å². The number of hydrogen-bond donors (Lipinski definition) is 2. The van der Waals surface area contributed by atoms with E-state index in [1.165, 1.54) is 0 Å². The third-order valence-corrected chi connectivity index (χ3v) is 3.25. The van der Waals surface area contributed by atoms with Crippen molar-refractivity contribution in [3.8, 4) is 0 Å². The molecule has 0 bridgehead atoms. The lowest BCUT2D eigenvalue weighted by Gasteiger charge is -2.18. The van der Waals surface area contributed by atoms with Crippen LogP contribution in [0.1, 0.15) is 31.7 Å². The van der Waals surface area contributed by atoms with Crippen LogP contribution < -0.4 is 10.6 Å². The molecule has 1 aromatic rings. The topological polar surface area (TPSA) is 41.1 Å². The predicted molar refractivity (Wildman–Crippen MR) is 69.2 cm³/mol. The minimum absolute atomic E-state index is 0.0932. The second-order valence-electron chi connectivity index (χ2n) is 4.47. The molecule has 1 aliphatic carbocycles. The molecule has 2 N–H and O–H groups in total. The molecule has 0 spiro atoms. The van der Waals surface area contributed by atoms with Crippen molar-refractivity contribution in [1.29, 1.82) is 0 Å². The van der Waals surface area contributed by atoms with Gasteiger partial charge in [0.25, 0.3) is 0 Å². The summed E-state index contributed by atoms with van der Waals surface area (Å²) in [6.45, 7) is 2.74. The molecule has 2 rings (SSSR count). The third kappa shape index (κ3) is 2.91. The summed E-state index contributed by atoms with van der Waals surface area (Å²) in [4.78, 5) is 11.7. The van der Waals surface area contributed by atoms with Crippen molar-refractivity contribution in [3.63, 3.8) is 0 Å². The van der Waals surface area contributed by atoms with Gasteiger partial charge in [-0.3, -0.25) is 0 Å². The Balaban J connectivity index is 2.02. The lowest BCUT2D eigenvalue weighted by Crippen LogP contribution is -2.42. The summed E-state index contributed by atoms with van der Waals surface area (Å²) in [5.41, 5.74) is 0.902. The molecule has 1 saturated carbocycles. The molecule has 4 heteroatoms. The highest BCUT2D eigenvalue weighted by molar-refractivity contribution is 6.30. The summed E-state index contributed by atoms with van der Waals surface area (Å²) in [5.74, 6) is 0. The van der Waals surface area contributed by atoms with E-state index in [2.05, 4.69) is 10.6 Å². The van der Waals surface area contributed by atoms with Gasteiger partial charge < -0.3 is 10.6 Å². The number of halogens is 1. The zero-order chi connectivity index (χ0) is 12.3. The monoisotopic (exact) mass is 252 g/mol. The van der Waals surface area contributed by atoms with Gasteiger partial charge in [0.15, 0.2) is 0 Å². The van der Waals surface area contributed by atoms with Crippen LogP contribution >= 0.6 is 11.6 Å². The summed E-state index contributed by atoms with van der Waals surface area (Å²) in [5, 5.41) is 6.58. The van der Waals surface area contributed by atoms with Crippen LogP contribution in [0.3, 0.4) is 0 Å². The lowest BCUT2D eigenvalue weighted by atomic mass is 10.1. The first-order valence-corrected chi connectivity index (χ1v) is 6.36. The van der Waals surface area contributed by atoms with Gasteiger partial charge >= 0.3 is 6.03 Å². The van der Waals surface area contributed by atoms with Gasteiger partial charge in [-0.05, 0) is 37.0 Å². The van der Waals surface area contributed by atoms with Crippen LogP contribution in [0.15, 0.2) is 24.3 Å². The van der Waals surface area contributed by atoms with E-state index in [0.29, 0.717) is 11.6 Å². The molecule has 0 aliphatic heterocycles. The van der Waals surface area contributed by atoms with E-state index in [1.54, 1.807) is 0 Å². The van der Waals surface area contributed by atoms with Crippen molar-refractivity contribution in [2.24, 2.45) is 0 Å². The Morgan fingerprint density at radius 1 is 1.47 bits per heavy atom. The summed E-state index contributed by atoms with van der Waals surface area (Å²) >= 11 is 5.97. The number of benzene rings is 1. The van der Waals surface area contributed by atoms with Crippen molar-refractivity contribution in [1.82, 2.24) is 10.6 Å². The molecule has 1 aromatic carbocycles. The molecule has 0 unspecified atom stereocenters. The highest BCUT2D eigenvalue weighted by Gasteiger charge is 2.45. The Hall–Kier alpha value is -1.22. The highest BCUT2D eigenvalue weighted by Crippen LogP contribution is 2.45. The van der Waals surface area contributed by atoms with Crippen molar-refractivity contribution in [2.45, 2.75) is 31.7 Å². The van der Waals surface area contributed by atoms with Gasteiger partial charge in [-0.2, -0.15) is 0 Å². The Kier molecular flexibility index (Phi) is 3.57. The molecule has 0 atom stereocenters. The highest BCUT2D eigenvalue weighted by atomic mass is 35.5. The van der Waals surface area contributed by atoms with Gasteiger partial charge in [-0.15, -0.1) is 0 Å². The maximum absolute atomic E-state index is 11.7. The number of rotatable bonds is 4. The van der Waals surface area contributed by atoms with Gasteiger partial charge in [0.05, 0.1) is 5.54 Å². The SMILES string of the molecule is CCCNC(=O)NC1(c2cccc(Cl)c2)CC1. The first kappa shape index (κ1) is 12.2. The van der Waals surface area contributed by atoms with Crippen LogP contribution in [0.25, 0.3) is 0 Å². The normalized spacial score (nSPS) is 16.4. The summed E-state index contributed by atoms with van der Waals surface area (Å²) < 4.78 is 0. The number of urea groups is 1. The summed E-state index contributed by atoms with van der Waals surface area (Å²) in [6.07, 6.45) is 2.90. The largest absolute Gasteiger partial charge is 0.338 e. The predicted octanol–water partition coefficient (Wildman–Crippen LogP) is 3.04. The molecule has 0 saturated heterocycles. The fourth-order valence-electron chi connectivity index (χ4n) is 1.90. The van der Waals surface area contributed by atoms with E-state index < -0.39 is 0 Å². The van der Waals surface area contributed by atoms with Gasteiger partial charge in [-0.1, -0.05) is 30.7 Å². The second kappa shape index (κ2) is 4.96. The van der Waals surface area contributed by atoms with Crippen LogP contribution in [-0.4, -0.2) is 12.6 Å². The number of amides is 2. The molecule has 0 heterocycles. The molecule has 0 radical (unpaired) electrons. The van der Waals surface area contributed by atoms with Crippen LogP contribution in [0, 0.1) is 0 Å². The Labute approximate surface area is 107 Å². The number of carbonyl (C=O) groups is 1. The standard InChI is InChI=1S/C13H17ClN2O/c1-2-8-15-12(17)16-13(6-7-13)10-4-3-5-11(14)9-10/h3-5,9H,2,6-8H2,1H3,(H2,15,16,17). The molecule has 1 aliphatic rings. The zero-order valence-electron chi connectivity index (χ0n) is 9.92. The van der Waals surface area contributed by atoms with Crippen LogP contribution in [0.2, 0.25) is 5.02 Å². The molecule has 0 aromatic heterocycles. The zero-order valence-corrected chi connectivity index (χ0v) is 10.7. The third-order valence-electron chi connectivity index (χ3n) is 3.02. The quantitative estimate of drug-likeness (QED) is 0.850. The maximum Gasteiger partial charge on any atom is 0.315 e. The Morgan fingerprint density at radius 2 is 2.24 bits per heavy atom. The van der Waals surface area contributed by atoms with Crippen molar-refractivity contribution < 1.29 is 4.79 Å². The van der Waals surface area contributed by atoms with Crippen LogP contribution in [-0.2, 0) is 5.54 Å². The first-order valence-electron chi connectivity index (χ1n) is 5.98. The second-order valence-corrected chi connectivity index (χ2v) is 4.91. The molecular weight excluding hydrogens is 236 g/mol. The number of carbonyl (C=O) groups excluding carboxylic acids is 1. The molecule has 3 nitrogen and oxygen atoms in total. The average molecular weight is 253 g/mol. The molecular formula is C13H17ClN2O. The minimum atomic E-state index is -0.192.